The van der Waals surface area contributed by atoms with E-state index in [1.54, 1.807) is 25.1 Å². The van der Waals surface area contributed by atoms with Crippen molar-refractivity contribution in [2.24, 2.45) is 0 Å². The zero-order valence-corrected chi connectivity index (χ0v) is 10.4. The van der Waals surface area contributed by atoms with Crippen molar-refractivity contribution in [3.05, 3.63) is 48.0 Å². The van der Waals surface area contributed by atoms with Crippen LogP contribution in [0.25, 0.3) is 10.8 Å². The van der Waals surface area contributed by atoms with E-state index in [-0.39, 0.29) is 11.7 Å². The minimum Gasteiger partial charge on any atom is -0.507 e. The Morgan fingerprint density at radius 2 is 2.05 bits per heavy atom. The molecule has 2 rings (SSSR count). The number of phenols is 1. The van der Waals surface area contributed by atoms with Crippen LogP contribution in [0, 0.1) is 0 Å². The van der Waals surface area contributed by atoms with Gasteiger partial charge in [-0.25, -0.2) is 0 Å². The molecule has 0 aliphatic carbocycles. The number of hydrogen-bond donors (Lipinski definition) is 2. The van der Waals surface area contributed by atoms with E-state index in [9.17, 15) is 14.7 Å². The number of anilines is 1. The summed E-state index contributed by atoms with van der Waals surface area (Å²) in [5.74, 6) is -0.318. The van der Waals surface area contributed by atoms with Crippen LogP contribution in [0.15, 0.2) is 42.5 Å². The molecule has 1 amide bonds. The molecule has 0 heterocycles. The predicted molar refractivity (Wildman–Crippen MR) is 74.4 cm³/mol. The fraction of sp³-hybridized carbons (Fsp3) is 0.0667. The molecule has 96 valence electrons. The molecular formula is C15H13NO3. The van der Waals surface area contributed by atoms with Gasteiger partial charge in [-0.15, -0.1) is 0 Å². The lowest BCUT2D eigenvalue weighted by molar-refractivity contribution is -0.112. The van der Waals surface area contributed by atoms with Gasteiger partial charge in [0.05, 0.1) is 5.69 Å². The molecule has 0 saturated heterocycles. The lowest BCUT2D eigenvalue weighted by Gasteiger charge is -2.11. The van der Waals surface area contributed by atoms with Crippen molar-refractivity contribution in [1.29, 1.82) is 0 Å². The molecule has 2 aromatic carbocycles. The van der Waals surface area contributed by atoms with Crippen molar-refractivity contribution in [3.63, 3.8) is 0 Å². The average molecular weight is 255 g/mol. The molecule has 0 aliphatic heterocycles. The first kappa shape index (κ1) is 12.8. The fourth-order valence-electron chi connectivity index (χ4n) is 1.85. The van der Waals surface area contributed by atoms with Gasteiger partial charge < -0.3 is 10.4 Å². The molecule has 0 radical (unpaired) electrons. The number of hydrogen-bond acceptors (Lipinski definition) is 3. The number of benzene rings is 2. The van der Waals surface area contributed by atoms with Crippen LogP contribution in [0.2, 0.25) is 0 Å². The lowest BCUT2D eigenvalue weighted by Crippen LogP contribution is -2.12. The summed E-state index contributed by atoms with van der Waals surface area (Å²) < 4.78 is 0. The topological polar surface area (TPSA) is 66.4 Å². The molecule has 0 bridgehead atoms. The van der Waals surface area contributed by atoms with Crippen LogP contribution in [-0.4, -0.2) is 17.3 Å². The molecule has 0 unspecified atom stereocenters. The van der Waals surface area contributed by atoms with Gasteiger partial charge in [-0.3, -0.25) is 9.59 Å². The maximum absolute atomic E-state index is 11.7. The van der Waals surface area contributed by atoms with Crippen molar-refractivity contribution in [3.8, 4) is 5.75 Å². The standard InChI is InChI=1S/C15H13NO3/c1-9(2)15(19)16-12-5-3-4-11-10(8-17)6-7-13(18)14(11)12/h3-8,18H,1H2,2H3,(H,16,19). The van der Waals surface area contributed by atoms with E-state index in [0.29, 0.717) is 33.9 Å². The number of carbonyl (C=O) groups excluding carboxylic acids is 2. The predicted octanol–water partition coefficient (Wildman–Crippen LogP) is 2.87. The minimum atomic E-state index is -0.330. The Bertz CT molecular complexity index is 689. The van der Waals surface area contributed by atoms with Gasteiger partial charge in [0.25, 0.3) is 5.91 Å². The van der Waals surface area contributed by atoms with E-state index in [4.69, 9.17) is 0 Å². The Kier molecular flexibility index (Phi) is 3.33. The largest absolute Gasteiger partial charge is 0.507 e. The number of phenolic OH excluding ortho intramolecular Hbond substituents is 1. The Labute approximate surface area is 110 Å². The number of nitrogens with one attached hydrogen (secondary N) is 1. The number of amides is 1. The van der Waals surface area contributed by atoms with E-state index in [2.05, 4.69) is 11.9 Å². The molecule has 4 nitrogen and oxygen atoms in total. The van der Waals surface area contributed by atoms with Gasteiger partial charge in [-0.05, 0) is 30.5 Å². The number of aromatic hydroxyl groups is 1. The highest BCUT2D eigenvalue weighted by molar-refractivity contribution is 6.12. The summed E-state index contributed by atoms with van der Waals surface area (Å²) in [6.45, 7) is 5.15. The summed E-state index contributed by atoms with van der Waals surface area (Å²) in [5.41, 5.74) is 1.27. The van der Waals surface area contributed by atoms with E-state index in [1.807, 2.05) is 0 Å². The summed E-state index contributed by atoms with van der Waals surface area (Å²) >= 11 is 0. The maximum atomic E-state index is 11.7. The third-order valence-electron chi connectivity index (χ3n) is 2.82. The van der Waals surface area contributed by atoms with Crippen LogP contribution in [0.5, 0.6) is 5.75 Å². The molecular weight excluding hydrogens is 242 g/mol. The van der Waals surface area contributed by atoms with Crippen LogP contribution in [0.4, 0.5) is 5.69 Å². The zero-order chi connectivity index (χ0) is 14.0. The summed E-state index contributed by atoms with van der Waals surface area (Å²) in [5, 5.41) is 13.6. The van der Waals surface area contributed by atoms with Gasteiger partial charge in [-0.2, -0.15) is 0 Å². The molecule has 2 N–H and O–H groups in total. The van der Waals surface area contributed by atoms with E-state index in [0.717, 1.165) is 0 Å². The smallest absolute Gasteiger partial charge is 0.250 e. The van der Waals surface area contributed by atoms with Crippen LogP contribution < -0.4 is 5.32 Å². The highest BCUT2D eigenvalue weighted by Gasteiger charge is 2.11. The van der Waals surface area contributed by atoms with Gasteiger partial charge in [0, 0.05) is 16.5 Å². The molecule has 2 aromatic rings. The zero-order valence-electron chi connectivity index (χ0n) is 10.4. The minimum absolute atomic E-state index is 0.0122. The highest BCUT2D eigenvalue weighted by Crippen LogP contribution is 2.33. The maximum Gasteiger partial charge on any atom is 0.250 e. The second kappa shape index (κ2) is 4.94. The van der Waals surface area contributed by atoms with Gasteiger partial charge in [0.15, 0.2) is 6.29 Å². The normalized spacial score (nSPS) is 10.2. The second-order valence-electron chi connectivity index (χ2n) is 4.25. The summed E-state index contributed by atoms with van der Waals surface area (Å²) in [4.78, 5) is 22.7. The fourth-order valence-corrected chi connectivity index (χ4v) is 1.85. The Morgan fingerprint density at radius 3 is 2.68 bits per heavy atom. The average Bonchev–Trinajstić information content (AvgIpc) is 2.39. The quantitative estimate of drug-likeness (QED) is 0.654. The second-order valence-corrected chi connectivity index (χ2v) is 4.25. The SMILES string of the molecule is C=C(C)C(=O)Nc1cccc2c(C=O)ccc(O)c12. The van der Waals surface area contributed by atoms with Crippen LogP contribution >= 0.6 is 0 Å². The van der Waals surface area contributed by atoms with E-state index in [1.165, 1.54) is 12.1 Å². The molecule has 0 aromatic heterocycles. The van der Waals surface area contributed by atoms with Crippen molar-refractivity contribution in [2.45, 2.75) is 6.92 Å². The first-order valence-electron chi connectivity index (χ1n) is 5.71. The number of rotatable bonds is 3. The molecule has 0 aliphatic rings. The van der Waals surface area contributed by atoms with Crippen molar-refractivity contribution >= 4 is 28.7 Å². The molecule has 0 spiro atoms. The Morgan fingerprint density at radius 1 is 1.32 bits per heavy atom. The van der Waals surface area contributed by atoms with Gasteiger partial charge in [0.2, 0.25) is 0 Å². The number of fused-ring (bicyclic) bond motifs is 1. The summed E-state index contributed by atoms with van der Waals surface area (Å²) in [6, 6.07) is 8.06. The van der Waals surface area contributed by atoms with E-state index >= 15 is 0 Å². The highest BCUT2D eigenvalue weighted by atomic mass is 16.3. The molecule has 19 heavy (non-hydrogen) atoms. The number of aldehydes is 1. The van der Waals surface area contributed by atoms with Crippen LogP contribution in [-0.2, 0) is 4.79 Å². The molecule has 0 fully saturated rings. The Balaban J connectivity index is 2.66. The van der Waals surface area contributed by atoms with Crippen molar-refractivity contribution < 1.29 is 14.7 Å². The number of carbonyl (C=O) groups is 2. The summed E-state index contributed by atoms with van der Waals surface area (Å²) in [7, 11) is 0. The van der Waals surface area contributed by atoms with Crippen molar-refractivity contribution in [1.82, 2.24) is 0 Å². The monoisotopic (exact) mass is 255 g/mol. The molecule has 0 saturated carbocycles. The van der Waals surface area contributed by atoms with E-state index < -0.39 is 0 Å². The van der Waals surface area contributed by atoms with Gasteiger partial charge in [0.1, 0.15) is 5.75 Å². The van der Waals surface area contributed by atoms with Gasteiger partial charge in [-0.1, -0.05) is 18.7 Å². The van der Waals surface area contributed by atoms with Crippen molar-refractivity contribution in [2.75, 3.05) is 5.32 Å². The molecule has 4 heteroatoms. The third-order valence-corrected chi connectivity index (χ3v) is 2.82. The Hall–Kier alpha value is -2.62. The lowest BCUT2D eigenvalue weighted by atomic mass is 10.0. The first-order valence-corrected chi connectivity index (χ1v) is 5.71. The first-order chi connectivity index (χ1) is 9.04. The van der Waals surface area contributed by atoms with Crippen LogP contribution in [0.3, 0.4) is 0 Å². The van der Waals surface area contributed by atoms with Gasteiger partial charge >= 0.3 is 0 Å². The summed E-state index contributed by atoms with van der Waals surface area (Å²) in [6.07, 6.45) is 0.714. The van der Waals surface area contributed by atoms with Crippen LogP contribution in [0.1, 0.15) is 17.3 Å². The molecule has 0 atom stereocenters. The third kappa shape index (κ3) is 2.33.